The first-order chi connectivity index (χ1) is 14.2. The van der Waals surface area contributed by atoms with Gasteiger partial charge in [0.15, 0.2) is 12.2 Å². The van der Waals surface area contributed by atoms with E-state index in [9.17, 15) is 0 Å². The number of ether oxygens (including phenoxy) is 1. The standard InChI is InChI=1S/C23H22ClN3O2.2ClH.H2O/c1-26-9-11-27(12-10-26)21-4-2-3-16-5-7-18(14-19(16)21)28-15-23-25-20-13-17(24)6-8-22(20)29-23;;;/h2-8,13-14H,9-12,15H2,1H3;2*1H;1H2. The molecule has 2 heterocycles. The number of piperazine rings is 1. The third-order valence-electron chi connectivity index (χ3n) is 5.43. The number of oxazole rings is 1. The maximum Gasteiger partial charge on any atom is 0.233 e. The molecule has 0 spiro atoms. The molecule has 0 bridgehead atoms. The van der Waals surface area contributed by atoms with Crippen molar-refractivity contribution in [3.8, 4) is 5.75 Å². The van der Waals surface area contributed by atoms with Crippen molar-refractivity contribution in [2.24, 2.45) is 0 Å². The zero-order chi connectivity index (χ0) is 19.8. The van der Waals surface area contributed by atoms with Crippen molar-refractivity contribution in [3.05, 3.63) is 65.5 Å². The Morgan fingerprint density at radius 2 is 1.78 bits per heavy atom. The van der Waals surface area contributed by atoms with Gasteiger partial charge in [0.1, 0.15) is 11.3 Å². The lowest BCUT2D eigenvalue weighted by Crippen LogP contribution is -2.44. The fourth-order valence-electron chi connectivity index (χ4n) is 3.80. The average Bonchev–Trinajstić information content (AvgIpc) is 3.14. The molecule has 6 nitrogen and oxygen atoms in total. The number of rotatable bonds is 4. The third kappa shape index (κ3) is 5.39. The summed E-state index contributed by atoms with van der Waals surface area (Å²) in [5.41, 5.74) is 2.72. The Kier molecular flexibility index (Phi) is 9.01. The summed E-state index contributed by atoms with van der Waals surface area (Å²) in [5, 5.41) is 3.06. The Morgan fingerprint density at radius 3 is 2.56 bits per heavy atom. The van der Waals surface area contributed by atoms with Gasteiger partial charge in [-0.1, -0.05) is 29.8 Å². The lowest BCUT2D eigenvalue weighted by Gasteiger charge is -2.34. The van der Waals surface area contributed by atoms with E-state index in [1.54, 1.807) is 12.1 Å². The summed E-state index contributed by atoms with van der Waals surface area (Å²) in [4.78, 5) is 9.28. The topological polar surface area (TPSA) is 73.2 Å². The smallest absolute Gasteiger partial charge is 0.233 e. The minimum Gasteiger partial charge on any atom is -0.484 e. The highest BCUT2D eigenvalue weighted by Gasteiger charge is 2.16. The molecule has 2 N–H and O–H groups in total. The predicted molar refractivity (Wildman–Crippen MR) is 135 cm³/mol. The van der Waals surface area contributed by atoms with Crippen molar-refractivity contribution in [3.63, 3.8) is 0 Å². The summed E-state index contributed by atoms with van der Waals surface area (Å²) in [6.45, 7) is 4.50. The molecule has 1 aliphatic heterocycles. The van der Waals surface area contributed by atoms with Gasteiger partial charge >= 0.3 is 0 Å². The zero-order valence-electron chi connectivity index (χ0n) is 17.6. The largest absolute Gasteiger partial charge is 0.484 e. The second kappa shape index (κ2) is 11.1. The molecule has 0 atom stereocenters. The molecule has 1 aromatic heterocycles. The van der Waals surface area contributed by atoms with Gasteiger partial charge in [-0.25, -0.2) is 4.98 Å². The quantitative estimate of drug-likeness (QED) is 0.396. The molecule has 3 aromatic carbocycles. The van der Waals surface area contributed by atoms with E-state index in [0.717, 1.165) is 37.4 Å². The molecule has 172 valence electrons. The van der Waals surface area contributed by atoms with E-state index in [2.05, 4.69) is 52.2 Å². The van der Waals surface area contributed by atoms with Crippen LogP contribution in [0.4, 0.5) is 5.69 Å². The number of fused-ring (bicyclic) bond motifs is 2. The lowest BCUT2D eigenvalue weighted by molar-refractivity contribution is 0.267. The van der Waals surface area contributed by atoms with Gasteiger partial charge < -0.3 is 24.4 Å². The van der Waals surface area contributed by atoms with Crippen LogP contribution >= 0.6 is 36.4 Å². The summed E-state index contributed by atoms with van der Waals surface area (Å²) in [5.74, 6) is 1.34. The first kappa shape index (κ1) is 26.0. The molecule has 1 fully saturated rings. The minimum absolute atomic E-state index is 0. The molecule has 0 saturated carbocycles. The Bertz CT molecular complexity index is 1180. The number of benzene rings is 3. The van der Waals surface area contributed by atoms with Crippen molar-refractivity contribution < 1.29 is 14.6 Å². The van der Waals surface area contributed by atoms with Crippen molar-refractivity contribution in [1.82, 2.24) is 9.88 Å². The second-order valence-corrected chi connectivity index (χ2v) is 7.90. The van der Waals surface area contributed by atoms with Gasteiger partial charge in [0.25, 0.3) is 0 Å². The number of likely N-dealkylation sites (N-methyl/N-ethyl adjacent to an activating group) is 1. The van der Waals surface area contributed by atoms with Gasteiger partial charge in [-0.15, -0.1) is 24.8 Å². The van der Waals surface area contributed by atoms with Crippen LogP contribution in [-0.4, -0.2) is 48.6 Å². The fourth-order valence-corrected chi connectivity index (χ4v) is 3.97. The van der Waals surface area contributed by atoms with Crippen molar-refractivity contribution in [1.29, 1.82) is 0 Å². The van der Waals surface area contributed by atoms with Gasteiger partial charge in [-0.3, -0.25) is 0 Å². The van der Waals surface area contributed by atoms with Crippen molar-refractivity contribution in [2.75, 3.05) is 38.1 Å². The van der Waals surface area contributed by atoms with E-state index >= 15 is 0 Å². The summed E-state index contributed by atoms with van der Waals surface area (Å²) in [6, 6.07) is 18.1. The predicted octanol–water partition coefficient (Wildman–Crippen LogP) is 4.98. The zero-order valence-corrected chi connectivity index (χ0v) is 20.0. The number of anilines is 1. The van der Waals surface area contributed by atoms with Gasteiger partial charge in [-0.2, -0.15) is 0 Å². The Hall–Kier alpha value is -2.22. The van der Waals surface area contributed by atoms with Crippen molar-refractivity contribution >= 4 is 64.0 Å². The first-order valence-corrected chi connectivity index (χ1v) is 10.2. The molecule has 5 rings (SSSR count). The van der Waals surface area contributed by atoms with E-state index in [1.165, 1.54) is 16.5 Å². The van der Waals surface area contributed by atoms with E-state index in [1.807, 2.05) is 12.1 Å². The number of hydrogen-bond acceptors (Lipinski definition) is 5. The summed E-state index contributed by atoms with van der Waals surface area (Å²) in [6.07, 6.45) is 0. The monoisotopic (exact) mass is 497 g/mol. The minimum atomic E-state index is 0. The Morgan fingerprint density at radius 1 is 1.00 bits per heavy atom. The van der Waals surface area contributed by atoms with Gasteiger partial charge in [0, 0.05) is 42.3 Å². The molecule has 1 saturated heterocycles. The molecule has 1 aliphatic rings. The normalized spacial score (nSPS) is 13.9. The fraction of sp³-hybridized carbons (Fsp3) is 0.261. The number of aromatic nitrogens is 1. The Balaban J connectivity index is 0.00000121. The molecular weight excluding hydrogens is 473 g/mol. The molecule has 0 unspecified atom stereocenters. The second-order valence-electron chi connectivity index (χ2n) is 7.46. The lowest BCUT2D eigenvalue weighted by atomic mass is 10.1. The highest BCUT2D eigenvalue weighted by molar-refractivity contribution is 6.31. The van der Waals surface area contributed by atoms with E-state index in [4.69, 9.17) is 20.8 Å². The molecule has 9 heteroatoms. The van der Waals surface area contributed by atoms with Crippen LogP contribution in [0.1, 0.15) is 5.89 Å². The van der Waals surface area contributed by atoms with Crippen LogP contribution in [0.3, 0.4) is 0 Å². The first-order valence-electron chi connectivity index (χ1n) is 9.80. The molecule has 0 radical (unpaired) electrons. The maximum absolute atomic E-state index is 6.02. The van der Waals surface area contributed by atoms with Crippen molar-refractivity contribution in [2.45, 2.75) is 6.61 Å². The number of nitrogens with zero attached hydrogens (tertiary/aromatic N) is 3. The van der Waals surface area contributed by atoms with Gasteiger partial charge in [-0.05, 0) is 48.8 Å². The third-order valence-corrected chi connectivity index (χ3v) is 5.67. The number of halogens is 3. The van der Waals surface area contributed by atoms with Crippen LogP contribution in [0.5, 0.6) is 5.75 Å². The SMILES string of the molecule is CN1CCN(c2cccc3ccc(OCc4nc5cc(Cl)ccc5o4)cc23)CC1.Cl.Cl.O. The summed E-state index contributed by atoms with van der Waals surface area (Å²) >= 11 is 6.02. The van der Waals surface area contributed by atoms with Gasteiger partial charge in [0.05, 0.1) is 0 Å². The maximum atomic E-state index is 6.02. The summed E-state index contributed by atoms with van der Waals surface area (Å²) in [7, 11) is 2.17. The van der Waals surface area contributed by atoms with Crippen LogP contribution in [0.15, 0.2) is 59.0 Å². The highest BCUT2D eigenvalue weighted by Crippen LogP contribution is 2.31. The highest BCUT2D eigenvalue weighted by atomic mass is 35.5. The molecule has 32 heavy (non-hydrogen) atoms. The average molecular weight is 499 g/mol. The molecule has 0 aliphatic carbocycles. The van der Waals surface area contributed by atoms with Crippen LogP contribution in [0, 0.1) is 0 Å². The van der Waals surface area contributed by atoms with Crippen LogP contribution in [-0.2, 0) is 6.61 Å². The van der Waals surface area contributed by atoms with E-state index < -0.39 is 0 Å². The van der Waals surface area contributed by atoms with Gasteiger partial charge in [0.2, 0.25) is 5.89 Å². The molecular formula is C23H26Cl3N3O3. The molecule has 0 amide bonds. The molecule has 4 aromatic rings. The van der Waals surface area contributed by atoms with Crippen LogP contribution in [0.2, 0.25) is 5.02 Å². The summed E-state index contributed by atoms with van der Waals surface area (Å²) < 4.78 is 11.8. The van der Waals surface area contributed by atoms with E-state index in [-0.39, 0.29) is 36.9 Å². The number of hydrogen-bond donors (Lipinski definition) is 0. The van der Waals surface area contributed by atoms with E-state index in [0.29, 0.717) is 16.5 Å². The Labute approximate surface area is 204 Å². The van der Waals surface area contributed by atoms with Crippen LogP contribution in [0.25, 0.3) is 21.9 Å². The van der Waals surface area contributed by atoms with Crippen LogP contribution < -0.4 is 9.64 Å².